The zero-order chi connectivity index (χ0) is 20.3. The lowest BCUT2D eigenvalue weighted by Crippen LogP contribution is -2.35. The second-order valence-electron chi connectivity index (χ2n) is 6.42. The third kappa shape index (κ3) is 4.42. The summed E-state index contributed by atoms with van der Waals surface area (Å²) in [6, 6.07) is 10.8. The number of aryl methyl sites for hydroxylation is 2. The van der Waals surface area contributed by atoms with Gasteiger partial charge in [0.2, 0.25) is 5.91 Å². The van der Waals surface area contributed by atoms with E-state index in [1.807, 2.05) is 32.0 Å². The molecule has 3 aromatic rings. The number of nitrogens with one attached hydrogen (secondary N) is 1. The lowest BCUT2D eigenvalue weighted by molar-refractivity contribution is -0.116. The summed E-state index contributed by atoms with van der Waals surface area (Å²) < 4.78 is 2.47. The van der Waals surface area contributed by atoms with Gasteiger partial charge in [-0.15, -0.1) is 5.10 Å². The van der Waals surface area contributed by atoms with E-state index in [0.29, 0.717) is 5.56 Å². The number of hydrogen-bond acceptors (Lipinski definition) is 5. The molecule has 0 bridgehead atoms. The van der Waals surface area contributed by atoms with Gasteiger partial charge in [0.05, 0.1) is 12.2 Å². The van der Waals surface area contributed by atoms with Crippen molar-refractivity contribution in [2.24, 2.45) is 0 Å². The normalized spacial score (nSPS) is 10.6. The maximum Gasteiger partial charge on any atom is 0.254 e. The largest absolute Gasteiger partial charge is 0.332 e. The summed E-state index contributed by atoms with van der Waals surface area (Å²) in [7, 11) is 1.60. The van der Waals surface area contributed by atoms with E-state index >= 15 is 0 Å². The average Bonchev–Trinajstić information content (AvgIpc) is 3.17. The lowest BCUT2D eigenvalue weighted by atomic mass is 10.1. The standard InChI is InChI=1S/C19H19BrN6O2/c1-12-9-15(20)5-6-16(12)22-18(27)10-25(3)19(28)14-4-7-17(13(2)8-14)26-11-21-23-24-26/h4-9,11H,10H2,1-3H3,(H,22,27). The molecule has 1 aromatic heterocycles. The third-order valence-corrected chi connectivity index (χ3v) is 4.72. The van der Waals surface area contributed by atoms with Crippen LogP contribution < -0.4 is 5.32 Å². The molecule has 3 rings (SSSR count). The molecule has 0 atom stereocenters. The van der Waals surface area contributed by atoms with Crippen molar-refractivity contribution < 1.29 is 9.59 Å². The first-order chi connectivity index (χ1) is 13.3. The van der Waals surface area contributed by atoms with Gasteiger partial charge in [-0.2, -0.15) is 0 Å². The van der Waals surface area contributed by atoms with Crippen LogP contribution in [0.5, 0.6) is 0 Å². The Hall–Kier alpha value is -3.07. The van der Waals surface area contributed by atoms with Crippen molar-refractivity contribution in [3.63, 3.8) is 0 Å². The molecule has 0 aliphatic heterocycles. The van der Waals surface area contributed by atoms with Crippen LogP contribution in [0.4, 0.5) is 5.69 Å². The first-order valence-corrected chi connectivity index (χ1v) is 9.30. The lowest BCUT2D eigenvalue weighted by Gasteiger charge is -2.18. The van der Waals surface area contributed by atoms with Crippen LogP contribution in [-0.4, -0.2) is 50.5 Å². The van der Waals surface area contributed by atoms with Gasteiger partial charge in [-0.3, -0.25) is 9.59 Å². The van der Waals surface area contributed by atoms with Gasteiger partial charge in [0.15, 0.2) is 0 Å². The average molecular weight is 443 g/mol. The Labute approximate surface area is 170 Å². The highest BCUT2D eigenvalue weighted by Crippen LogP contribution is 2.20. The van der Waals surface area contributed by atoms with Gasteiger partial charge in [-0.1, -0.05) is 15.9 Å². The molecule has 1 N–H and O–H groups in total. The van der Waals surface area contributed by atoms with Gasteiger partial charge < -0.3 is 10.2 Å². The van der Waals surface area contributed by atoms with Crippen molar-refractivity contribution >= 4 is 33.4 Å². The SMILES string of the molecule is Cc1cc(Br)ccc1NC(=O)CN(C)C(=O)c1ccc(-n2cnnn2)c(C)c1. The molecular weight excluding hydrogens is 424 g/mol. The van der Waals surface area contributed by atoms with E-state index in [1.54, 1.807) is 25.2 Å². The molecule has 144 valence electrons. The van der Waals surface area contributed by atoms with Crippen LogP contribution in [0.15, 0.2) is 47.2 Å². The topological polar surface area (TPSA) is 93.0 Å². The number of aromatic nitrogens is 4. The fourth-order valence-electron chi connectivity index (χ4n) is 2.78. The molecule has 28 heavy (non-hydrogen) atoms. The maximum atomic E-state index is 12.7. The Morgan fingerprint density at radius 2 is 1.93 bits per heavy atom. The van der Waals surface area contributed by atoms with E-state index in [1.165, 1.54) is 15.9 Å². The third-order valence-electron chi connectivity index (χ3n) is 4.23. The Morgan fingerprint density at radius 3 is 2.57 bits per heavy atom. The number of anilines is 1. The van der Waals surface area contributed by atoms with Crippen LogP contribution in [0.3, 0.4) is 0 Å². The number of tetrazole rings is 1. The molecule has 2 aromatic carbocycles. The molecule has 0 spiro atoms. The zero-order valence-corrected chi connectivity index (χ0v) is 17.3. The first kappa shape index (κ1) is 19.7. The predicted molar refractivity (Wildman–Crippen MR) is 108 cm³/mol. The molecule has 1 heterocycles. The van der Waals surface area contributed by atoms with Crippen molar-refractivity contribution in [1.29, 1.82) is 0 Å². The molecule has 0 aliphatic rings. The van der Waals surface area contributed by atoms with E-state index in [0.717, 1.165) is 27.0 Å². The Kier molecular flexibility index (Phi) is 5.84. The number of hydrogen-bond donors (Lipinski definition) is 1. The highest BCUT2D eigenvalue weighted by Gasteiger charge is 2.17. The Balaban J connectivity index is 1.67. The zero-order valence-electron chi connectivity index (χ0n) is 15.7. The summed E-state index contributed by atoms with van der Waals surface area (Å²) >= 11 is 3.39. The quantitative estimate of drug-likeness (QED) is 0.655. The van der Waals surface area contributed by atoms with Gasteiger partial charge in [0, 0.05) is 22.8 Å². The molecule has 8 nitrogen and oxygen atoms in total. The summed E-state index contributed by atoms with van der Waals surface area (Å²) in [5.74, 6) is -0.502. The van der Waals surface area contributed by atoms with Crippen LogP contribution in [0, 0.1) is 13.8 Å². The summed E-state index contributed by atoms with van der Waals surface area (Å²) in [4.78, 5) is 26.4. The van der Waals surface area contributed by atoms with Gasteiger partial charge in [-0.05, 0) is 71.8 Å². The number of rotatable bonds is 5. The van der Waals surface area contributed by atoms with Crippen molar-refractivity contribution in [2.45, 2.75) is 13.8 Å². The van der Waals surface area contributed by atoms with Crippen LogP contribution in [0.2, 0.25) is 0 Å². The summed E-state index contributed by atoms with van der Waals surface area (Å²) in [5.41, 5.74) is 3.78. The molecule has 0 fully saturated rings. The molecule has 0 saturated carbocycles. The molecule has 0 radical (unpaired) electrons. The minimum Gasteiger partial charge on any atom is -0.332 e. The smallest absolute Gasteiger partial charge is 0.254 e. The fourth-order valence-corrected chi connectivity index (χ4v) is 3.26. The van der Waals surface area contributed by atoms with Crippen LogP contribution in [-0.2, 0) is 4.79 Å². The Bertz CT molecular complexity index is 1020. The van der Waals surface area contributed by atoms with Crippen LogP contribution in [0.1, 0.15) is 21.5 Å². The number of carbonyl (C=O) groups is 2. The number of halogens is 1. The molecule has 9 heteroatoms. The van der Waals surface area contributed by atoms with E-state index in [-0.39, 0.29) is 18.4 Å². The second kappa shape index (κ2) is 8.30. The van der Waals surface area contributed by atoms with E-state index in [2.05, 4.69) is 36.8 Å². The van der Waals surface area contributed by atoms with Crippen molar-refractivity contribution in [3.8, 4) is 5.69 Å². The van der Waals surface area contributed by atoms with Gasteiger partial charge in [-0.25, -0.2) is 4.68 Å². The molecule has 0 unspecified atom stereocenters. The van der Waals surface area contributed by atoms with Crippen molar-refractivity contribution in [3.05, 3.63) is 63.9 Å². The van der Waals surface area contributed by atoms with E-state index in [4.69, 9.17) is 0 Å². The molecule has 0 saturated heterocycles. The number of benzene rings is 2. The van der Waals surface area contributed by atoms with Crippen molar-refractivity contribution in [1.82, 2.24) is 25.1 Å². The minimum absolute atomic E-state index is 0.0534. The maximum absolute atomic E-state index is 12.7. The summed E-state index contributed by atoms with van der Waals surface area (Å²) in [5, 5.41) is 13.9. The number of carbonyl (C=O) groups excluding carboxylic acids is 2. The number of amides is 2. The first-order valence-electron chi connectivity index (χ1n) is 8.50. The molecule has 2 amide bonds. The van der Waals surface area contributed by atoms with E-state index < -0.39 is 0 Å². The van der Waals surface area contributed by atoms with Gasteiger partial charge in [0.25, 0.3) is 5.91 Å². The number of nitrogens with zero attached hydrogens (tertiary/aromatic N) is 5. The summed E-state index contributed by atoms with van der Waals surface area (Å²) in [6.45, 7) is 3.73. The van der Waals surface area contributed by atoms with Crippen LogP contribution in [0.25, 0.3) is 5.69 Å². The minimum atomic E-state index is -0.261. The Morgan fingerprint density at radius 1 is 1.14 bits per heavy atom. The highest BCUT2D eigenvalue weighted by molar-refractivity contribution is 9.10. The van der Waals surface area contributed by atoms with Crippen molar-refractivity contribution in [2.75, 3.05) is 18.9 Å². The highest BCUT2D eigenvalue weighted by atomic mass is 79.9. The fraction of sp³-hybridized carbons (Fsp3) is 0.211. The van der Waals surface area contributed by atoms with E-state index in [9.17, 15) is 9.59 Å². The van der Waals surface area contributed by atoms with Gasteiger partial charge >= 0.3 is 0 Å². The molecular formula is C19H19BrN6O2. The molecule has 0 aliphatic carbocycles. The van der Waals surface area contributed by atoms with Crippen LogP contribution >= 0.6 is 15.9 Å². The number of likely N-dealkylation sites (N-methyl/N-ethyl adjacent to an activating group) is 1. The van der Waals surface area contributed by atoms with Gasteiger partial charge in [0.1, 0.15) is 6.33 Å². The monoisotopic (exact) mass is 442 g/mol. The predicted octanol–water partition coefficient (Wildman–Crippen LogP) is 2.75. The second-order valence-corrected chi connectivity index (χ2v) is 7.34. The summed E-state index contributed by atoms with van der Waals surface area (Å²) in [6.07, 6.45) is 1.49.